The van der Waals surface area contributed by atoms with Crippen molar-refractivity contribution in [3.63, 3.8) is 0 Å². The third-order valence-electron chi connectivity index (χ3n) is 5.45. The summed E-state index contributed by atoms with van der Waals surface area (Å²) in [6.07, 6.45) is 1.77. The van der Waals surface area contributed by atoms with Gasteiger partial charge in [0.25, 0.3) is 0 Å². The van der Waals surface area contributed by atoms with E-state index in [0.717, 1.165) is 50.2 Å². The monoisotopic (exact) mass is 384 g/mol. The molecule has 0 radical (unpaired) electrons. The number of fused-ring (bicyclic) bond motifs is 4. The first-order valence-electron chi connectivity index (χ1n) is 9.90. The SMILES string of the molecule is Cc1cc2nc(-c3ccc(C)c4c3oc3ncccc34)n(C(C)(C)C)c2c(C)n1. The average Bonchev–Trinajstić information content (AvgIpc) is 3.21. The molecule has 0 N–H and O–H groups in total. The number of hydrogen-bond acceptors (Lipinski definition) is 4. The van der Waals surface area contributed by atoms with E-state index in [1.54, 1.807) is 6.20 Å². The molecule has 0 saturated heterocycles. The van der Waals surface area contributed by atoms with Crippen molar-refractivity contribution in [2.24, 2.45) is 0 Å². The van der Waals surface area contributed by atoms with Gasteiger partial charge in [-0.1, -0.05) is 6.07 Å². The molecule has 4 aromatic heterocycles. The summed E-state index contributed by atoms with van der Waals surface area (Å²) in [5.74, 6) is 0.895. The van der Waals surface area contributed by atoms with E-state index >= 15 is 0 Å². The maximum Gasteiger partial charge on any atom is 0.227 e. The molecular formula is C24H24N4O. The van der Waals surface area contributed by atoms with Crippen LogP contribution in [0.25, 0.3) is 44.5 Å². The first-order valence-corrected chi connectivity index (χ1v) is 9.90. The molecule has 0 amide bonds. The lowest BCUT2D eigenvalue weighted by Crippen LogP contribution is -2.23. The number of pyridine rings is 2. The molecule has 0 fully saturated rings. The fourth-order valence-electron chi connectivity index (χ4n) is 4.32. The summed E-state index contributed by atoms with van der Waals surface area (Å²) in [7, 11) is 0. The van der Waals surface area contributed by atoms with Crippen LogP contribution in [0.3, 0.4) is 0 Å². The van der Waals surface area contributed by atoms with Gasteiger partial charge in [-0.3, -0.25) is 4.98 Å². The van der Waals surface area contributed by atoms with Gasteiger partial charge in [0, 0.05) is 28.2 Å². The molecule has 0 bridgehead atoms. The highest BCUT2D eigenvalue weighted by Crippen LogP contribution is 2.39. The maximum atomic E-state index is 6.26. The fraction of sp³-hybridized carbons (Fsp3) is 0.292. The van der Waals surface area contributed by atoms with Gasteiger partial charge in [0.1, 0.15) is 11.4 Å². The predicted octanol–water partition coefficient (Wildman–Crippen LogP) is 6.07. The third kappa shape index (κ3) is 2.57. The number of hydrogen-bond donors (Lipinski definition) is 0. The number of aromatic nitrogens is 4. The van der Waals surface area contributed by atoms with Gasteiger partial charge in [-0.05, 0) is 71.4 Å². The predicted molar refractivity (Wildman–Crippen MR) is 117 cm³/mol. The first kappa shape index (κ1) is 17.9. The normalized spacial score (nSPS) is 12.5. The molecule has 0 aliphatic heterocycles. The van der Waals surface area contributed by atoms with E-state index in [1.807, 2.05) is 13.0 Å². The average molecular weight is 384 g/mol. The number of nitrogens with zero attached hydrogens (tertiary/aromatic N) is 4. The van der Waals surface area contributed by atoms with E-state index in [0.29, 0.717) is 5.71 Å². The van der Waals surface area contributed by atoms with Crippen molar-refractivity contribution in [2.75, 3.05) is 0 Å². The van der Waals surface area contributed by atoms with Crippen molar-refractivity contribution in [3.05, 3.63) is 53.5 Å². The smallest absolute Gasteiger partial charge is 0.227 e. The van der Waals surface area contributed by atoms with Crippen LogP contribution in [0, 0.1) is 20.8 Å². The standard InChI is InChI=1S/C24H24N4O/c1-13-9-10-17(21-19(13)16-8-7-11-25-23(16)29-21)22-27-18-12-14(2)26-15(3)20(18)28(22)24(4,5)6/h7-12H,1-6H3. The Bertz CT molecular complexity index is 1420. The van der Waals surface area contributed by atoms with Gasteiger partial charge in [0.2, 0.25) is 5.71 Å². The Morgan fingerprint density at radius 1 is 1.00 bits per heavy atom. The Morgan fingerprint density at radius 2 is 1.79 bits per heavy atom. The summed E-state index contributed by atoms with van der Waals surface area (Å²) in [4.78, 5) is 14.2. The lowest BCUT2D eigenvalue weighted by Gasteiger charge is -2.25. The minimum absolute atomic E-state index is 0.173. The number of furan rings is 1. The number of rotatable bonds is 1. The van der Waals surface area contributed by atoms with Gasteiger partial charge in [-0.25, -0.2) is 9.97 Å². The Labute approximate surface area is 169 Å². The quantitative estimate of drug-likeness (QED) is 0.352. The summed E-state index contributed by atoms with van der Waals surface area (Å²) in [5, 5.41) is 2.14. The van der Waals surface area contributed by atoms with E-state index in [9.17, 15) is 0 Å². The molecule has 29 heavy (non-hydrogen) atoms. The molecule has 0 saturated carbocycles. The highest BCUT2D eigenvalue weighted by atomic mass is 16.3. The second-order valence-corrected chi connectivity index (χ2v) is 8.75. The molecule has 0 unspecified atom stereocenters. The molecule has 5 heteroatoms. The summed E-state index contributed by atoms with van der Waals surface area (Å²) >= 11 is 0. The zero-order chi connectivity index (χ0) is 20.5. The highest BCUT2D eigenvalue weighted by molar-refractivity contribution is 6.10. The summed E-state index contributed by atoms with van der Waals surface area (Å²) in [6.45, 7) is 12.8. The van der Waals surface area contributed by atoms with Crippen molar-refractivity contribution >= 4 is 33.1 Å². The van der Waals surface area contributed by atoms with Crippen molar-refractivity contribution in [1.82, 2.24) is 19.5 Å². The van der Waals surface area contributed by atoms with E-state index in [1.165, 1.54) is 5.56 Å². The molecule has 1 aromatic carbocycles. The van der Waals surface area contributed by atoms with Gasteiger partial charge in [-0.2, -0.15) is 0 Å². The molecule has 4 heterocycles. The van der Waals surface area contributed by atoms with Crippen LogP contribution in [-0.2, 0) is 5.54 Å². The molecule has 5 rings (SSSR count). The van der Waals surface area contributed by atoms with Crippen molar-refractivity contribution in [3.8, 4) is 11.4 Å². The summed E-state index contributed by atoms with van der Waals surface area (Å²) < 4.78 is 8.54. The van der Waals surface area contributed by atoms with Crippen LogP contribution in [-0.4, -0.2) is 19.5 Å². The lowest BCUT2D eigenvalue weighted by atomic mass is 10.0. The molecule has 5 aromatic rings. The number of imidazole rings is 1. The van der Waals surface area contributed by atoms with Gasteiger partial charge in [0.05, 0.1) is 22.3 Å². The fourth-order valence-corrected chi connectivity index (χ4v) is 4.32. The second kappa shape index (κ2) is 5.89. The Kier molecular flexibility index (Phi) is 3.63. The largest absolute Gasteiger partial charge is 0.437 e. The van der Waals surface area contributed by atoms with Crippen LogP contribution in [0.4, 0.5) is 0 Å². The second-order valence-electron chi connectivity index (χ2n) is 8.75. The van der Waals surface area contributed by atoms with Crippen LogP contribution in [0.2, 0.25) is 0 Å². The number of benzene rings is 1. The van der Waals surface area contributed by atoms with E-state index in [4.69, 9.17) is 14.4 Å². The molecule has 5 nitrogen and oxygen atoms in total. The van der Waals surface area contributed by atoms with Crippen LogP contribution in [0.15, 0.2) is 40.9 Å². The molecule has 0 atom stereocenters. The van der Waals surface area contributed by atoms with Crippen molar-refractivity contribution in [1.29, 1.82) is 0 Å². The van der Waals surface area contributed by atoms with Gasteiger partial charge in [-0.15, -0.1) is 0 Å². The van der Waals surface area contributed by atoms with E-state index < -0.39 is 0 Å². The van der Waals surface area contributed by atoms with Crippen LogP contribution >= 0.6 is 0 Å². The molecule has 0 aliphatic rings. The minimum atomic E-state index is -0.173. The van der Waals surface area contributed by atoms with Gasteiger partial charge in [0.15, 0.2) is 0 Å². The van der Waals surface area contributed by atoms with E-state index in [-0.39, 0.29) is 5.54 Å². The highest BCUT2D eigenvalue weighted by Gasteiger charge is 2.26. The first-order chi connectivity index (χ1) is 13.8. The van der Waals surface area contributed by atoms with Crippen molar-refractivity contribution in [2.45, 2.75) is 47.1 Å². The maximum absolute atomic E-state index is 6.26. The van der Waals surface area contributed by atoms with Crippen LogP contribution < -0.4 is 0 Å². The molecule has 0 spiro atoms. The Hall–Kier alpha value is -3.21. The zero-order valence-electron chi connectivity index (χ0n) is 17.7. The Morgan fingerprint density at radius 3 is 2.55 bits per heavy atom. The minimum Gasteiger partial charge on any atom is -0.437 e. The lowest BCUT2D eigenvalue weighted by molar-refractivity contribution is 0.412. The summed E-state index contributed by atoms with van der Waals surface area (Å²) in [5.41, 5.74) is 7.46. The topological polar surface area (TPSA) is 56.7 Å². The Balaban J connectivity index is 1.96. The van der Waals surface area contributed by atoms with Crippen LogP contribution in [0.1, 0.15) is 37.7 Å². The summed E-state index contributed by atoms with van der Waals surface area (Å²) in [6, 6.07) is 10.3. The van der Waals surface area contributed by atoms with E-state index in [2.05, 4.69) is 68.4 Å². The molecule has 146 valence electrons. The molecular weight excluding hydrogens is 360 g/mol. The zero-order valence-corrected chi connectivity index (χ0v) is 17.7. The van der Waals surface area contributed by atoms with Gasteiger partial charge >= 0.3 is 0 Å². The molecule has 0 aliphatic carbocycles. The van der Waals surface area contributed by atoms with Crippen molar-refractivity contribution < 1.29 is 4.42 Å². The third-order valence-corrected chi connectivity index (χ3v) is 5.45. The number of aryl methyl sites for hydroxylation is 3. The van der Waals surface area contributed by atoms with Gasteiger partial charge < -0.3 is 8.98 Å². The van der Waals surface area contributed by atoms with Crippen LogP contribution in [0.5, 0.6) is 0 Å².